The molecule has 0 amide bonds. The lowest BCUT2D eigenvalue weighted by Crippen LogP contribution is -2.01. The first kappa shape index (κ1) is 10.5. The van der Waals surface area contributed by atoms with E-state index in [0.717, 1.165) is 24.2 Å². The van der Waals surface area contributed by atoms with Crippen molar-refractivity contribution in [1.82, 2.24) is 0 Å². The highest BCUT2D eigenvalue weighted by Crippen LogP contribution is 2.31. The van der Waals surface area contributed by atoms with Crippen LogP contribution in [0.2, 0.25) is 5.82 Å². The Labute approximate surface area is 92.3 Å². The van der Waals surface area contributed by atoms with Gasteiger partial charge < -0.3 is 0 Å². The van der Waals surface area contributed by atoms with E-state index < -0.39 is 0 Å². The molecule has 0 heterocycles. The Morgan fingerprint density at radius 2 is 2.00 bits per heavy atom. The van der Waals surface area contributed by atoms with Crippen molar-refractivity contribution in [3.8, 4) is 0 Å². The topological polar surface area (TPSA) is 17.1 Å². The summed E-state index contributed by atoms with van der Waals surface area (Å²) in [6.07, 6.45) is 3.27. The second-order valence-electron chi connectivity index (χ2n) is 4.70. The highest BCUT2D eigenvalue weighted by molar-refractivity contribution is 6.12. The van der Waals surface area contributed by atoms with E-state index in [1.807, 2.05) is 0 Å². The molecule has 0 bridgehead atoms. The van der Waals surface area contributed by atoms with Gasteiger partial charge in [-0.1, -0.05) is 18.8 Å². The van der Waals surface area contributed by atoms with E-state index in [2.05, 4.69) is 26.9 Å². The van der Waals surface area contributed by atoms with Gasteiger partial charge in [0.25, 0.3) is 0 Å². The Balaban J connectivity index is 2.50. The molecular weight excluding hydrogens is 183 g/mol. The van der Waals surface area contributed by atoms with Crippen LogP contribution in [-0.2, 0) is 19.3 Å². The maximum absolute atomic E-state index is 11.5. The molecule has 1 aliphatic carbocycles. The predicted molar refractivity (Wildman–Crippen MR) is 65.5 cm³/mol. The van der Waals surface area contributed by atoms with Gasteiger partial charge in [-0.25, -0.2) is 0 Å². The predicted octanol–water partition coefficient (Wildman–Crippen LogP) is 1.97. The maximum Gasteiger partial charge on any atom is 0.160 e. The molecule has 2 rings (SSSR count). The van der Waals surface area contributed by atoms with Gasteiger partial charge in [0.1, 0.15) is 7.85 Å². The van der Waals surface area contributed by atoms with Crippen molar-refractivity contribution >= 4 is 13.6 Å². The fourth-order valence-corrected chi connectivity index (χ4v) is 2.56. The summed E-state index contributed by atoms with van der Waals surface area (Å²) in [6.45, 7) is 3.78. The van der Waals surface area contributed by atoms with Gasteiger partial charge in [0.05, 0.1) is 0 Å². The molecule has 2 heteroatoms. The molecule has 1 aliphatic rings. The fraction of sp³-hybridized carbons (Fsp3) is 0.462. The average molecular weight is 200 g/mol. The highest BCUT2D eigenvalue weighted by atomic mass is 16.1. The van der Waals surface area contributed by atoms with Crippen LogP contribution in [0.4, 0.5) is 0 Å². The number of benzene rings is 1. The van der Waals surface area contributed by atoms with Crippen LogP contribution >= 0.6 is 0 Å². The minimum absolute atomic E-state index is 0.203. The number of carbonyl (C=O) groups is 1. The van der Waals surface area contributed by atoms with Crippen molar-refractivity contribution in [3.63, 3.8) is 0 Å². The monoisotopic (exact) mass is 200 g/mol. The Hall–Kier alpha value is -1.05. The van der Waals surface area contributed by atoms with Gasteiger partial charge in [0, 0.05) is 5.56 Å². The molecule has 0 fully saturated rings. The van der Waals surface area contributed by atoms with Crippen LogP contribution in [0.3, 0.4) is 0 Å². The Kier molecular flexibility index (Phi) is 2.68. The van der Waals surface area contributed by atoms with Gasteiger partial charge in [-0.2, -0.15) is 0 Å². The molecule has 0 radical (unpaired) electrons. The van der Waals surface area contributed by atoms with Crippen LogP contribution in [0.5, 0.6) is 0 Å². The summed E-state index contributed by atoms with van der Waals surface area (Å²) in [5, 5.41) is 0. The number of carbonyl (C=O) groups excluding carboxylic acids is 1. The third-order valence-corrected chi connectivity index (χ3v) is 3.32. The van der Waals surface area contributed by atoms with Crippen molar-refractivity contribution < 1.29 is 4.79 Å². The van der Waals surface area contributed by atoms with E-state index >= 15 is 0 Å². The second kappa shape index (κ2) is 3.84. The number of hydrogen-bond acceptors (Lipinski definition) is 1. The molecular formula is C13H17BO. The van der Waals surface area contributed by atoms with E-state index in [1.54, 1.807) is 6.92 Å². The zero-order valence-electron chi connectivity index (χ0n) is 9.76. The molecule has 78 valence electrons. The average Bonchev–Trinajstić information content (AvgIpc) is 2.54. The minimum Gasteiger partial charge on any atom is -0.295 e. The van der Waals surface area contributed by atoms with Crippen LogP contribution in [-0.4, -0.2) is 13.6 Å². The van der Waals surface area contributed by atoms with Gasteiger partial charge in [0.2, 0.25) is 0 Å². The molecule has 15 heavy (non-hydrogen) atoms. The summed E-state index contributed by atoms with van der Waals surface area (Å²) in [7, 11) is 2.28. The standard InChI is InChI=1S/C13H17BO/c1-3-9-4-10-5-12(14)6-11(10)7-13(9)8(2)15/h4,7,12H,3,5-6,14H2,1-2H3. The number of fused-ring (bicyclic) bond motifs is 1. The number of ketones is 1. The lowest BCUT2D eigenvalue weighted by atomic mass is 9.85. The van der Waals surface area contributed by atoms with E-state index in [9.17, 15) is 4.79 Å². The van der Waals surface area contributed by atoms with Crippen LogP contribution in [0.1, 0.15) is 40.9 Å². The lowest BCUT2D eigenvalue weighted by molar-refractivity contribution is 0.101. The third kappa shape index (κ3) is 1.85. The third-order valence-electron chi connectivity index (χ3n) is 3.32. The molecule has 0 saturated heterocycles. The minimum atomic E-state index is 0.203. The summed E-state index contributed by atoms with van der Waals surface area (Å²) >= 11 is 0. The van der Waals surface area contributed by atoms with Crippen LogP contribution in [0.25, 0.3) is 0 Å². The van der Waals surface area contributed by atoms with Crippen LogP contribution < -0.4 is 0 Å². The zero-order valence-corrected chi connectivity index (χ0v) is 9.76. The fourth-order valence-electron chi connectivity index (χ4n) is 2.56. The second-order valence-corrected chi connectivity index (χ2v) is 4.70. The van der Waals surface area contributed by atoms with Crippen molar-refractivity contribution in [1.29, 1.82) is 0 Å². The highest BCUT2D eigenvalue weighted by Gasteiger charge is 2.20. The first-order valence-electron chi connectivity index (χ1n) is 5.77. The number of Topliss-reactive ketones (excluding diaryl/α,β-unsaturated/α-hetero) is 1. The normalized spacial score (nSPS) is 18.9. The summed E-state index contributed by atoms with van der Waals surface area (Å²) in [4.78, 5) is 11.5. The molecule has 1 aromatic rings. The molecule has 0 N–H and O–H groups in total. The van der Waals surface area contributed by atoms with Gasteiger partial charge in [-0.05, 0) is 48.9 Å². The van der Waals surface area contributed by atoms with Crippen LogP contribution in [0.15, 0.2) is 12.1 Å². The molecule has 1 aromatic carbocycles. The number of aryl methyl sites for hydroxylation is 1. The van der Waals surface area contributed by atoms with Crippen molar-refractivity contribution in [2.45, 2.75) is 38.9 Å². The maximum atomic E-state index is 11.5. The Bertz CT molecular complexity index is 409. The summed E-state index contributed by atoms with van der Waals surface area (Å²) in [5.41, 5.74) is 5.01. The smallest absolute Gasteiger partial charge is 0.160 e. The molecule has 0 aromatic heterocycles. The van der Waals surface area contributed by atoms with Gasteiger partial charge >= 0.3 is 0 Å². The number of rotatable bonds is 2. The summed E-state index contributed by atoms with van der Waals surface area (Å²) < 4.78 is 0. The molecule has 1 atom stereocenters. The SMILES string of the molecule is BC1Cc2cc(CC)c(C(C)=O)cc2C1. The molecule has 0 saturated carbocycles. The summed E-state index contributed by atoms with van der Waals surface area (Å²) in [5.74, 6) is 0.945. The first-order valence-corrected chi connectivity index (χ1v) is 5.77. The zero-order chi connectivity index (χ0) is 11.0. The van der Waals surface area contributed by atoms with Gasteiger partial charge in [-0.15, -0.1) is 0 Å². The van der Waals surface area contributed by atoms with E-state index in [0.29, 0.717) is 0 Å². The molecule has 1 unspecified atom stereocenters. The van der Waals surface area contributed by atoms with Crippen molar-refractivity contribution in [3.05, 3.63) is 34.4 Å². The van der Waals surface area contributed by atoms with E-state index in [1.165, 1.54) is 23.1 Å². The molecule has 0 spiro atoms. The van der Waals surface area contributed by atoms with Crippen molar-refractivity contribution in [2.75, 3.05) is 0 Å². The van der Waals surface area contributed by atoms with Crippen molar-refractivity contribution in [2.24, 2.45) is 0 Å². The first-order chi connectivity index (χ1) is 7.11. The lowest BCUT2D eigenvalue weighted by Gasteiger charge is -2.08. The quantitative estimate of drug-likeness (QED) is 0.526. The number of hydrogen-bond donors (Lipinski definition) is 0. The van der Waals surface area contributed by atoms with Gasteiger partial charge in [0.15, 0.2) is 5.78 Å². The van der Waals surface area contributed by atoms with E-state index in [-0.39, 0.29) is 5.78 Å². The Morgan fingerprint density at radius 1 is 1.40 bits per heavy atom. The largest absolute Gasteiger partial charge is 0.295 e. The summed E-state index contributed by atoms with van der Waals surface area (Å²) in [6, 6.07) is 4.37. The molecule has 0 aliphatic heterocycles. The molecule has 1 nitrogen and oxygen atoms in total. The van der Waals surface area contributed by atoms with E-state index in [4.69, 9.17) is 0 Å². The van der Waals surface area contributed by atoms with Crippen LogP contribution in [0, 0.1) is 0 Å². The van der Waals surface area contributed by atoms with Gasteiger partial charge in [-0.3, -0.25) is 4.79 Å². The Morgan fingerprint density at radius 3 is 2.53 bits per heavy atom.